The second-order valence-electron chi connectivity index (χ2n) is 7.96. The first kappa shape index (κ1) is 25.1. The van der Waals surface area contributed by atoms with Crippen LogP contribution in [-0.2, 0) is 18.9 Å². The molecule has 0 amide bonds. The first-order valence-corrected chi connectivity index (χ1v) is 11.2. The van der Waals surface area contributed by atoms with Gasteiger partial charge < -0.3 is 29.2 Å². The number of ether oxygens (including phenoxy) is 4. The lowest BCUT2D eigenvalue weighted by atomic mass is 9.98. The van der Waals surface area contributed by atoms with E-state index >= 15 is 0 Å². The molecule has 0 radical (unpaired) electrons. The van der Waals surface area contributed by atoms with E-state index in [1.54, 1.807) is 54.6 Å². The monoisotopic (exact) mass is 492 g/mol. The summed E-state index contributed by atoms with van der Waals surface area (Å²) in [7, 11) is 0. The van der Waals surface area contributed by atoms with Crippen LogP contribution in [0.1, 0.15) is 31.1 Å². The van der Waals surface area contributed by atoms with Gasteiger partial charge in [-0.25, -0.2) is 14.4 Å². The van der Waals surface area contributed by atoms with Crippen molar-refractivity contribution in [3.05, 3.63) is 108 Å². The third-order valence-electron chi connectivity index (χ3n) is 5.55. The van der Waals surface area contributed by atoms with Gasteiger partial charge in [-0.1, -0.05) is 54.6 Å². The molecule has 1 aliphatic rings. The highest BCUT2D eigenvalue weighted by molar-refractivity contribution is 5.91. The van der Waals surface area contributed by atoms with Crippen molar-refractivity contribution in [1.29, 1.82) is 0 Å². The van der Waals surface area contributed by atoms with Gasteiger partial charge in [0.15, 0.2) is 24.6 Å². The number of carbonyl (C=O) groups is 3. The number of rotatable bonds is 7. The maximum absolute atomic E-state index is 12.9. The Balaban J connectivity index is 1.66. The van der Waals surface area contributed by atoms with Crippen LogP contribution in [0.5, 0.6) is 0 Å². The summed E-state index contributed by atoms with van der Waals surface area (Å²) in [6.45, 7) is -0.678. The maximum atomic E-state index is 12.9. The Morgan fingerprint density at radius 3 is 1.36 bits per heavy atom. The van der Waals surface area contributed by atoms with Gasteiger partial charge in [-0.15, -0.1) is 0 Å². The number of esters is 3. The van der Waals surface area contributed by atoms with Crippen LogP contribution in [0.3, 0.4) is 0 Å². The molecule has 0 spiro atoms. The number of benzene rings is 3. The van der Waals surface area contributed by atoms with Crippen LogP contribution in [0.15, 0.2) is 91.0 Å². The third-order valence-corrected chi connectivity index (χ3v) is 5.55. The molecule has 9 heteroatoms. The van der Waals surface area contributed by atoms with E-state index in [9.17, 15) is 24.6 Å². The summed E-state index contributed by atoms with van der Waals surface area (Å²) >= 11 is 0. The topological polar surface area (TPSA) is 129 Å². The standard InChI is InChI=1S/C27H24O9/c28-16-20-21(34-24(29)17-10-4-1-5-11-17)22(35-25(30)18-12-6-2-7-13-18)23(27(32)33-20)36-26(31)19-14-8-3-9-15-19/h1-15,20-23,27-28,32H,16H2/t20?,21-,22-,23?,27+/m0/s1. The molecule has 1 aliphatic heterocycles. The molecule has 0 bridgehead atoms. The maximum Gasteiger partial charge on any atom is 0.338 e. The van der Waals surface area contributed by atoms with Crippen molar-refractivity contribution in [3.63, 3.8) is 0 Å². The Labute approximate surface area is 206 Å². The molecule has 2 N–H and O–H groups in total. The minimum Gasteiger partial charge on any atom is -0.452 e. The number of aliphatic hydroxyl groups excluding tert-OH is 2. The summed E-state index contributed by atoms with van der Waals surface area (Å²) in [4.78, 5) is 38.5. The molecule has 0 saturated carbocycles. The molecule has 3 aromatic rings. The Hall–Kier alpha value is -4.05. The van der Waals surface area contributed by atoms with E-state index in [0.29, 0.717) is 0 Å². The fourth-order valence-electron chi connectivity index (χ4n) is 3.74. The highest BCUT2D eigenvalue weighted by Crippen LogP contribution is 2.29. The van der Waals surface area contributed by atoms with E-state index in [1.165, 1.54) is 36.4 Å². The molecule has 1 saturated heterocycles. The minimum atomic E-state index is -1.78. The predicted octanol–water partition coefficient (Wildman–Crippen LogP) is 2.37. The van der Waals surface area contributed by atoms with Gasteiger partial charge in [-0.3, -0.25) is 0 Å². The van der Waals surface area contributed by atoms with Gasteiger partial charge in [0.2, 0.25) is 0 Å². The number of hydrogen-bond acceptors (Lipinski definition) is 9. The Kier molecular flexibility index (Phi) is 8.06. The smallest absolute Gasteiger partial charge is 0.338 e. The van der Waals surface area contributed by atoms with E-state index in [1.807, 2.05) is 0 Å². The lowest BCUT2D eigenvalue weighted by Crippen LogP contribution is -2.62. The number of hydrogen-bond donors (Lipinski definition) is 2. The van der Waals surface area contributed by atoms with E-state index in [4.69, 9.17) is 18.9 Å². The molecular weight excluding hydrogens is 468 g/mol. The molecule has 0 aliphatic carbocycles. The van der Waals surface area contributed by atoms with E-state index in [2.05, 4.69) is 0 Å². The zero-order chi connectivity index (χ0) is 25.5. The largest absolute Gasteiger partial charge is 0.452 e. The number of aliphatic hydroxyl groups is 2. The summed E-state index contributed by atoms with van der Waals surface area (Å²) in [5, 5.41) is 20.5. The fraction of sp³-hybridized carbons (Fsp3) is 0.222. The Bertz CT molecular complexity index is 1170. The lowest BCUT2D eigenvalue weighted by Gasteiger charge is -2.42. The molecular formula is C27H24O9. The average molecular weight is 492 g/mol. The van der Waals surface area contributed by atoms with Gasteiger partial charge in [-0.2, -0.15) is 0 Å². The molecule has 2 unspecified atom stereocenters. The molecule has 3 aromatic carbocycles. The molecule has 0 aromatic heterocycles. The first-order chi connectivity index (χ1) is 17.5. The van der Waals surface area contributed by atoms with Gasteiger partial charge in [0.05, 0.1) is 23.3 Å². The van der Waals surface area contributed by atoms with Crippen LogP contribution in [-0.4, -0.2) is 65.4 Å². The predicted molar refractivity (Wildman–Crippen MR) is 125 cm³/mol. The summed E-state index contributed by atoms with van der Waals surface area (Å²) in [5.41, 5.74) is 0.562. The second-order valence-corrected chi connectivity index (χ2v) is 7.96. The lowest BCUT2D eigenvalue weighted by molar-refractivity contribution is -0.284. The van der Waals surface area contributed by atoms with Gasteiger partial charge >= 0.3 is 17.9 Å². The van der Waals surface area contributed by atoms with Gasteiger partial charge in [0.1, 0.15) is 6.10 Å². The van der Waals surface area contributed by atoms with Crippen LogP contribution >= 0.6 is 0 Å². The summed E-state index contributed by atoms with van der Waals surface area (Å²) in [6, 6.07) is 24.0. The van der Waals surface area contributed by atoms with Crippen LogP contribution in [0.25, 0.3) is 0 Å². The van der Waals surface area contributed by atoms with Crippen molar-refractivity contribution >= 4 is 17.9 Å². The molecule has 36 heavy (non-hydrogen) atoms. The van der Waals surface area contributed by atoms with E-state index in [-0.39, 0.29) is 16.7 Å². The highest BCUT2D eigenvalue weighted by Gasteiger charge is 2.52. The molecule has 186 valence electrons. The van der Waals surface area contributed by atoms with Gasteiger partial charge in [-0.05, 0) is 36.4 Å². The van der Waals surface area contributed by atoms with Gasteiger partial charge in [0, 0.05) is 0 Å². The van der Waals surface area contributed by atoms with E-state index < -0.39 is 55.2 Å². The Morgan fingerprint density at radius 1 is 0.611 bits per heavy atom. The Morgan fingerprint density at radius 2 is 0.972 bits per heavy atom. The van der Waals surface area contributed by atoms with Crippen molar-refractivity contribution in [2.75, 3.05) is 6.61 Å². The van der Waals surface area contributed by atoms with Crippen LogP contribution in [0.4, 0.5) is 0 Å². The van der Waals surface area contributed by atoms with Crippen molar-refractivity contribution < 1.29 is 43.5 Å². The van der Waals surface area contributed by atoms with Gasteiger partial charge in [0.25, 0.3) is 0 Å². The van der Waals surface area contributed by atoms with E-state index in [0.717, 1.165) is 0 Å². The second kappa shape index (κ2) is 11.6. The molecule has 5 atom stereocenters. The summed E-state index contributed by atoms with van der Waals surface area (Å²) in [6.07, 6.45) is -7.53. The SMILES string of the molecule is O=C(OC1[C@H](O)OC(CO)[C@H](OC(=O)c2ccccc2)[C@@H]1OC(=O)c1ccccc1)c1ccccc1. The molecule has 4 rings (SSSR count). The van der Waals surface area contributed by atoms with Crippen LogP contribution in [0.2, 0.25) is 0 Å². The zero-order valence-electron chi connectivity index (χ0n) is 19.0. The molecule has 1 fully saturated rings. The first-order valence-electron chi connectivity index (χ1n) is 11.2. The number of carbonyl (C=O) groups excluding carboxylic acids is 3. The normalized spacial score (nSPS) is 23.3. The third kappa shape index (κ3) is 5.77. The highest BCUT2D eigenvalue weighted by atomic mass is 16.7. The average Bonchev–Trinajstić information content (AvgIpc) is 2.93. The van der Waals surface area contributed by atoms with Crippen molar-refractivity contribution in [3.8, 4) is 0 Å². The molecule has 1 heterocycles. The van der Waals surface area contributed by atoms with Crippen LogP contribution in [0, 0.1) is 0 Å². The summed E-state index contributed by atoms with van der Waals surface area (Å²) < 4.78 is 22.1. The fourth-order valence-corrected chi connectivity index (χ4v) is 3.74. The summed E-state index contributed by atoms with van der Waals surface area (Å²) in [5.74, 6) is -2.42. The van der Waals surface area contributed by atoms with Crippen LogP contribution < -0.4 is 0 Å². The molecule has 9 nitrogen and oxygen atoms in total. The quantitative estimate of drug-likeness (QED) is 0.377. The zero-order valence-corrected chi connectivity index (χ0v) is 19.0. The van der Waals surface area contributed by atoms with Crippen molar-refractivity contribution in [2.24, 2.45) is 0 Å². The van der Waals surface area contributed by atoms with Crippen molar-refractivity contribution in [2.45, 2.75) is 30.7 Å². The van der Waals surface area contributed by atoms with Crippen molar-refractivity contribution in [1.82, 2.24) is 0 Å². The minimum absolute atomic E-state index is 0.181.